The summed E-state index contributed by atoms with van der Waals surface area (Å²) in [6.07, 6.45) is 5.32. The van der Waals surface area contributed by atoms with Gasteiger partial charge >= 0.3 is 0 Å². The second-order valence-corrected chi connectivity index (χ2v) is 13.6. The van der Waals surface area contributed by atoms with Gasteiger partial charge in [-0.25, -0.2) is 36.4 Å². The van der Waals surface area contributed by atoms with Crippen LogP contribution < -0.4 is 14.9 Å². The minimum absolute atomic E-state index is 0.00725. The Morgan fingerprint density at radius 2 is 1.67 bits per heavy atom. The Morgan fingerprint density at radius 1 is 1.00 bits per heavy atom. The zero-order valence-corrected chi connectivity index (χ0v) is 24.1. The molecule has 0 radical (unpaired) electrons. The van der Waals surface area contributed by atoms with E-state index in [1.807, 2.05) is 0 Å². The van der Waals surface area contributed by atoms with Gasteiger partial charge in [-0.15, -0.1) is 5.10 Å². The molecule has 226 valence electrons. The van der Waals surface area contributed by atoms with Gasteiger partial charge in [0, 0.05) is 50.3 Å². The number of rotatable bonds is 7. The Balaban J connectivity index is 1.36. The van der Waals surface area contributed by atoms with Crippen molar-refractivity contribution in [2.45, 2.75) is 56.6 Å². The van der Waals surface area contributed by atoms with E-state index < -0.39 is 33.6 Å². The molecular formula is C28H34F3N7O3S. The maximum absolute atomic E-state index is 15.8. The summed E-state index contributed by atoms with van der Waals surface area (Å²) in [5.41, 5.74) is 2.99. The highest BCUT2D eigenvalue weighted by Crippen LogP contribution is 2.54. The molecule has 3 aromatic rings. The predicted molar refractivity (Wildman–Crippen MR) is 152 cm³/mol. The van der Waals surface area contributed by atoms with Crippen LogP contribution in [0.15, 0.2) is 30.5 Å². The summed E-state index contributed by atoms with van der Waals surface area (Å²) in [6, 6.07) is 6.55. The molecule has 0 bridgehead atoms. The van der Waals surface area contributed by atoms with E-state index in [1.54, 1.807) is 37.4 Å². The Morgan fingerprint density at radius 3 is 2.29 bits per heavy atom. The van der Waals surface area contributed by atoms with Crippen LogP contribution in [0, 0.1) is 18.2 Å². The van der Waals surface area contributed by atoms with Crippen molar-refractivity contribution in [3.63, 3.8) is 0 Å². The maximum atomic E-state index is 15.8. The molecule has 1 atom stereocenters. The highest BCUT2D eigenvalue weighted by atomic mass is 32.2. The maximum Gasteiger partial charge on any atom is 0.251 e. The fourth-order valence-corrected chi connectivity index (χ4v) is 6.81. The minimum atomic E-state index is -4.06. The van der Waals surface area contributed by atoms with Crippen molar-refractivity contribution in [2.75, 3.05) is 42.6 Å². The number of nitrogens with two attached hydrogens (primary N) is 1. The summed E-state index contributed by atoms with van der Waals surface area (Å²) >= 11 is 0. The Hall–Kier alpha value is -3.23. The second kappa shape index (κ2) is 10.5. The highest BCUT2D eigenvalue weighted by molar-refractivity contribution is 7.89. The molecule has 1 aliphatic carbocycles. The van der Waals surface area contributed by atoms with Gasteiger partial charge in [-0.05, 0) is 61.8 Å². The van der Waals surface area contributed by atoms with Crippen molar-refractivity contribution in [1.29, 1.82) is 0 Å². The topological polar surface area (TPSA) is 130 Å². The van der Waals surface area contributed by atoms with Crippen molar-refractivity contribution >= 4 is 21.5 Å². The molecule has 0 amide bonds. The third kappa shape index (κ3) is 5.59. The number of sulfonamides is 1. The average molecular weight is 606 g/mol. The van der Waals surface area contributed by atoms with Gasteiger partial charge in [0.25, 0.3) is 5.92 Å². The Kier molecular flexibility index (Phi) is 7.21. The van der Waals surface area contributed by atoms with Gasteiger partial charge in [0.2, 0.25) is 10.0 Å². The summed E-state index contributed by atoms with van der Waals surface area (Å²) in [6.45, 7) is 2.57. The molecule has 6 rings (SSSR count). The van der Waals surface area contributed by atoms with E-state index >= 15 is 4.39 Å². The van der Waals surface area contributed by atoms with Crippen LogP contribution in [0.1, 0.15) is 55.0 Å². The molecule has 2 saturated heterocycles. The van der Waals surface area contributed by atoms with Gasteiger partial charge in [-0.1, -0.05) is 11.3 Å². The summed E-state index contributed by atoms with van der Waals surface area (Å²) < 4.78 is 69.1. The Bertz CT molecular complexity index is 1590. The van der Waals surface area contributed by atoms with E-state index in [9.17, 15) is 22.3 Å². The number of primary sulfonamides is 1. The third-order valence-corrected chi connectivity index (χ3v) is 10.1. The number of aryl methyl sites for hydroxylation is 1. The molecule has 3 aliphatic rings. The first kappa shape index (κ1) is 28.9. The largest absolute Gasteiger partial charge is 0.395 e. The lowest BCUT2D eigenvalue weighted by atomic mass is 9.93. The molecule has 1 unspecified atom stereocenters. The first-order valence-electron chi connectivity index (χ1n) is 14.1. The number of anilines is 2. The van der Waals surface area contributed by atoms with Crippen LogP contribution in [0.2, 0.25) is 0 Å². The van der Waals surface area contributed by atoms with E-state index in [0.717, 1.165) is 25.9 Å². The zero-order valence-electron chi connectivity index (χ0n) is 23.3. The molecule has 14 heteroatoms. The number of piperidine rings is 2. The number of pyridine rings is 1. The molecule has 4 heterocycles. The van der Waals surface area contributed by atoms with E-state index in [0.29, 0.717) is 28.0 Å². The molecule has 42 heavy (non-hydrogen) atoms. The van der Waals surface area contributed by atoms with E-state index in [-0.39, 0.29) is 43.0 Å². The molecule has 1 spiro atoms. The normalized spacial score (nSPS) is 20.6. The first-order valence-corrected chi connectivity index (χ1v) is 15.7. The minimum Gasteiger partial charge on any atom is -0.395 e. The van der Waals surface area contributed by atoms with E-state index in [2.05, 4.69) is 20.2 Å². The number of aliphatic hydroxyl groups excluding tert-OH is 1. The van der Waals surface area contributed by atoms with E-state index in [4.69, 9.17) is 5.14 Å². The number of nitrogens with zero attached hydrogens (tertiary/aromatic N) is 6. The lowest BCUT2D eigenvalue weighted by molar-refractivity contribution is -0.0222. The van der Waals surface area contributed by atoms with Crippen LogP contribution in [0.25, 0.3) is 16.9 Å². The summed E-state index contributed by atoms with van der Waals surface area (Å²) in [5.74, 6) is -3.41. The monoisotopic (exact) mass is 605 g/mol. The summed E-state index contributed by atoms with van der Waals surface area (Å²) in [7, 11) is -4.06. The average Bonchev–Trinajstić information content (AvgIpc) is 3.50. The smallest absolute Gasteiger partial charge is 0.251 e. The molecule has 2 aliphatic heterocycles. The van der Waals surface area contributed by atoms with Gasteiger partial charge in [0.1, 0.15) is 10.9 Å². The van der Waals surface area contributed by atoms with Crippen molar-refractivity contribution in [3.8, 4) is 16.9 Å². The number of aromatic nitrogens is 4. The van der Waals surface area contributed by atoms with Crippen LogP contribution in [0.4, 0.5) is 24.7 Å². The number of halogens is 3. The number of benzene rings is 1. The van der Waals surface area contributed by atoms with Gasteiger partial charge in [0.15, 0.2) is 11.6 Å². The summed E-state index contributed by atoms with van der Waals surface area (Å²) in [4.78, 5) is 8.01. The van der Waals surface area contributed by atoms with Crippen molar-refractivity contribution in [2.24, 2.45) is 10.6 Å². The zero-order chi connectivity index (χ0) is 29.9. The molecule has 1 saturated carbocycles. The number of alkyl halides is 2. The second-order valence-electron chi connectivity index (χ2n) is 11.8. The third-order valence-electron chi connectivity index (χ3n) is 8.93. The summed E-state index contributed by atoms with van der Waals surface area (Å²) in [5, 5.41) is 22.5. The number of aliphatic hydroxyl groups is 1. The van der Waals surface area contributed by atoms with Gasteiger partial charge in [-0.2, -0.15) is 0 Å². The van der Waals surface area contributed by atoms with Crippen LogP contribution in [-0.2, 0) is 10.0 Å². The van der Waals surface area contributed by atoms with Crippen molar-refractivity contribution in [1.82, 2.24) is 20.0 Å². The predicted octanol–water partition coefficient (Wildman–Crippen LogP) is 3.71. The molecule has 1 aromatic carbocycles. The van der Waals surface area contributed by atoms with Crippen LogP contribution in [0.5, 0.6) is 0 Å². The Labute approximate surface area is 242 Å². The van der Waals surface area contributed by atoms with Crippen LogP contribution >= 0.6 is 0 Å². The fourth-order valence-electron chi connectivity index (χ4n) is 6.07. The quantitative estimate of drug-likeness (QED) is 0.417. The first-order chi connectivity index (χ1) is 19.9. The van der Waals surface area contributed by atoms with Crippen LogP contribution in [-0.4, -0.2) is 72.2 Å². The van der Waals surface area contributed by atoms with Crippen LogP contribution in [0.3, 0.4) is 0 Å². The standard InChI is InChI=1S/C28H34F3N7O3S/c1-18-14-20(25(29)26(33-18)37-12-8-28(30,31)9-13-37)21-16-38(35-34-21)22-3-2-19(24(17-39)42(32,40)41)15-23(22)36-10-6-27(4-5-27)7-11-36/h2-3,14-16,24,39H,4-13,17H2,1H3,(H2,32,40,41). The lowest BCUT2D eigenvalue weighted by Crippen LogP contribution is -2.40. The molecule has 10 nitrogen and oxygen atoms in total. The molecule has 3 N–H and O–H groups in total. The fraction of sp³-hybridized carbons (Fsp3) is 0.536. The lowest BCUT2D eigenvalue weighted by Gasteiger charge is -2.35. The van der Waals surface area contributed by atoms with Gasteiger partial charge in [-0.3, -0.25) is 0 Å². The molecule has 2 aromatic heterocycles. The van der Waals surface area contributed by atoms with E-state index in [1.165, 1.54) is 22.4 Å². The highest BCUT2D eigenvalue weighted by Gasteiger charge is 2.44. The number of hydrogen-bond acceptors (Lipinski definition) is 8. The van der Waals surface area contributed by atoms with Gasteiger partial charge in [0.05, 0.1) is 24.2 Å². The molecular weight excluding hydrogens is 571 g/mol. The SMILES string of the molecule is Cc1cc(-c2cn(-c3ccc(C(CO)S(N)(=O)=O)cc3N3CCC4(CC3)CC4)nn2)c(F)c(N2CCC(F)(F)CC2)n1. The van der Waals surface area contributed by atoms with Crippen molar-refractivity contribution in [3.05, 3.63) is 47.5 Å². The molecule has 3 fully saturated rings. The van der Waals surface area contributed by atoms with Crippen molar-refractivity contribution < 1.29 is 26.7 Å². The number of hydrogen-bond donors (Lipinski definition) is 2. The van der Waals surface area contributed by atoms with Gasteiger partial charge < -0.3 is 14.9 Å².